The van der Waals surface area contributed by atoms with Crippen molar-refractivity contribution in [2.45, 2.75) is 33.1 Å². The summed E-state index contributed by atoms with van der Waals surface area (Å²) in [4.78, 5) is 0. The minimum absolute atomic E-state index is 0.836. The maximum Gasteiger partial charge on any atom is 0.0363 e. The van der Waals surface area contributed by atoms with Gasteiger partial charge in [-0.25, -0.2) is 0 Å². The highest BCUT2D eigenvalue weighted by Crippen LogP contribution is 2.15. The molecular weight excluding hydrogens is 172 g/mol. The van der Waals surface area contributed by atoms with Crippen molar-refractivity contribution in [3.05, 3.63) is 23.8 Å². The minimum Gasteiger partial charge on any atom is -0.399 e. The Kier molecular flexibility index (Phi) is 4.30. The molecule has 0 saturated heterocycles. The van der Waals surface area contributed by atoms with Gasteiger partial charge in [0.2, 0.25) is 0 Å². The van der Waals surface area contributed by atoms with Gasteiger partial charge in [0.1, 0.15) is 0 Å². The molecule has 1 rings (SSSR count). The average Bonchev–Trinajstić information content (AvgIpc) is 2.11. The molecule has 0 aliphatic heterocycles. The molecule has 3 N–H and O–H groups in total. The Bertz CT molecular complexity index is 261. The highest BCUT2D eigenvalue weighted by Gasteiger charge is 1.94. The van der Waals surface area contributed by atoms with Crippen LogP contribution in [0.5, 0.6) is 0 Å². The molecule has 0 aliphatic rings. The molecular formula is C12H20N2. The number of nitrogens with two attached hydrogens (primary N) is 1. The summed E-state index contributed by atoms with van der Waals surface area (Å²) >= 11 is 0. The van der Waals surface area contributed by atoms with Crippen LogP contribution in [0.4, 0.5) is 11.4 Å². The van der Waals surface area contributed by atoms with Crippen molar-refractivity contribution < 1.29 is 0 Å². The van der Waals surface area contributed by atoms with Crippen molar-refractivity contribution in [2.75, 3.05) is 17.6 Å². The number of hydrogen-bond donors (Lipinski definition) is 2. The van der Waals surface area contributed by atoms with E-state index in [9.17, 15) is 0 Å². The third kappa shape index (κ3) is 3.69. The lowest BCUT2D eigenvalue weighted by Gasteiger charge is -2.07. The molecule has 0 fully saturated rings. The highest BCUT2D eigenvalue weighted by atomic mass is 14.9. The summed E-state index contributed by atoms with van der Waals surface area (Å²) in [5.74, 6) is 0. The van der Waals surface area contributed by atoms with E-state index in [-0.39, 0.29) is 0 Å². The van der Waals surface area contributed by atoms with Crippen molar-refractivity contribution in [2.24, 2.45) is 0 Å². The van der Waals surface area contributed by atoms with E-state index in [1.54, 1.807) is 0 Å². The molecule has 1 aromatic carbocycles. The highest BCUT2D eigenvalue weighted by molar-refractivity contribution is 5.56. The van der Waals surface area contributed by atoms with Gasteiger partial charge in [0.25, 0.3) is 0 Å². The number of nitrogens with one attached hydrogen (secondary N) is 1. The average molecular weight is 192 g/mol. The molecule has 78 valence electrons. The molecule has 0 radical (unpaired) electrons. The maximum atomic E-state index is 5.75. The number of nitrogen functional groups attached to an aromatic ring is 1. The first-order valence-corrected chi connectivity index (χ1v) is 5.33. The largest absolute Gasteiger partial charge is 0.399 e. The van der Waals surface area contributed by atoms with E-state index in [1.165, 1.54) is 24.8 Å². The number of benzene rings is 1. The summed E-state index contributed by atoms with van der Waals surface area (Å²) in [6.07, 6.45) is 3.77. The molecule has 0 aliphatic carbocycles. The molecule has 0 spiro atoms. The van der Waals surface area contributed by atoms with Gasteiger partial charge in [-0.15, -0.1) is 0 Å². The van der Waals surface area contributed by atoms with Gasteiger partial charge in [-0.05, 0) is 37.1 Å². The fourth-order valence-electron chi connectivity index (χ4n) is 1.52. The van der Waals surface area contributed by atoms with Gasteiger partial charge in [-0.3, -0.25) is 0 Å². The first-order chi connectivity index (χ1) is 6.72. The first kappa shape index (κ1) is 10.9. The van der Waals surface area contributed by atoms with Gasteiger partial charge in [0, 0.05) is 17.9 Å². The number of aryl methyl sites for hydroxylation is 1. The molecule has 0 atom stereocenters. The van der Waals surface area contributed by atoms with Gasteiger partial charge < -0.3 is 11.1 Å². The van der Waals surface area contributed by atoms with Crippen LogP contribution in [0.3, 0.4) is 0 Å². The first-order valence-electron chi connectivity index (χ1n) is 5.33. The van der Waals surface area contributed by atoms with E-state index >= 15 is 0 Å². The molecule has 14 heavy (non-hydrogen) atoms. The van der Waals surface area contributed by atoms with Crippen LogP contribution in [0.25, 0.3) is 0 Å². The van der Waals surface area contributed by atoms with E-state index in [2.05, 4.69) is 25.2 Å². The van der Waals surface area contributed by atoms with Crippen molar-refractivity contribution in [1.29, 1.82) is 0 Å². The zero-order valence-electron chi connectivity index (χ0n) is 9.14. The van der Waals surface area contributed by atoms with E-state index in [0.717, 1.165) is 17.9 Å². The monoisotopic (exact) mass is 192 g/mol. The van der Waals surface area contributed by atoms with Crippen molar-refractivity contribution in [1.82, 2.24) is 0 Å². The minimum atomic E-state index is 0.836. The van der Waals surface area contributed by atoms with Crippen LogP contribution in [0.1, 0.15) is 31.7 Å². The summed E-state index contributed by atoms with van der Waals surface area (Å²) in [6.45, 7) is 5.31. The Balaban J connectivity index is 2.42. The van der Waals surface area contributed by atoms with Crippen molar-refractivity contribution >= 4 is 11.4 Å². The summed E-state index contributed by atoms with van der Waals surface area (Å²) in [7, 11) is 0. The quantitative estimate of drug-likeness (QED) is 0.555. The standard InChI is InChI=1S/C12H20N2/c1-3-4-5-6-14-12-8-10(2)7-11(13)9-12/h7-9,14H,3-6,13H2,1-2H3. The molecule has 0 heterocycles. The zero-order valence-corrected chi connectivity index (χ0v) is 9.14. The van der Waals surface area contributed by atoms with Gasteiger partial charge in [-0.1, -0.05) is 19.8 Å². The Morgan fingerprint density at radius 3 is 2.64 bits per heavy atom. The second-order valence-corrected chi connectivity index (χ2v) is 3.77. The van der Waals surface area contributed by atoms with Crippen LogP contribution < -0.4 is 11.1 Å². The predicted molar refractivity (Wildman–Crippen MR) is 63.6 cm³/mol. The third-order valence-corrected chi connectivity index (χ3v) is 2.21. The number of anilines is 2. The van der Waals surface area contributed by atoms with Gasteiger partial charge in [-0.2, -0.15) is 0 Å². The molecule has 2 heteroatoms. The zero-order chi connectivity index (χ0) is 10.4. The van der Waals surface area contributed by atoms with E-state index < -0.39 is 0 Å². The van der Waals surface area contributed by atoms with Crippen LogP contribution >= 0.6 is 0 Å². The third-order valence-electron chi connectivity index (χ3n) is 2.21. The Hall–Kier alpha value is -1.18. The van der Waals surface area contributed by atoms with Crippen LogP contribution in [-0.4, -0.2) is 6.54 Å². The molecule has 0 aromatic heterocycles. The number of unbranched alkanes of at least 4 members (excludes halogenated alkanes) is 2. The molecule has 0 bridgehead atoms. The maximum absolute atomic E-state index is 5.75. The Morgan fingerprint density at radius 1 is 1.21 bits per heavy atom. The molecule has 0 amide bonds. The van der Waals surface area contributed by atoms with Crippen LogP contribution in [0.15, 0.2) is 18.2 Å². The summed E-state index contributed by atoms with van der Waals surface area (Å²) in [6, 6.07) is 6.10. The van der Waals surface area contributed by atoms with Gasteiger partial charge >= 0.3 is 0 Å². The SMILES string of the molecule is CCCCCNc1cc(C)cc(N)c1. The lowest BCUT2D eigenvalue weighted by atomic mass is 10.2. The summed E-state index contributed by atoms with van der Waals surface area (Å²) in [5.41, 5.74) is 8.93. The van der Waals surface area contributed by atoms with E-state index in [4.69, 9.17) is 5.73 Å². The summed E-state index contributed by atoms with van der Waals surface area (Å²) < 4.78 is 0. The van der Waals surface area contributed by atoms with E-state index in [0.29, 0.717) is 0 Å². The lowest BCUT2D eigenvalue weighted by Crippen LogP contribution is -2.02. The van der Waals surface area contributed by atoms with Gasteiger partial charge in [0.05, 0.1) is 0 Å². The number of hydrogen-bond acceptors (Lipinski definition) is 2. The Labute approximate surface area is 86.5 Å². The molecule has 2 nitrogen and oxygen atoms in total. The fraction of sp³-hybridized carbons (Fsp3) is 0.500. The molecule has 0 saturated carbocycles. The predicted octanol–water partition coefficient (Wildman–Crippen LogP) is 3.18. The second-order valence-electron chi connectivity index (χ2n) is 3.77. The Morgan fingerprint density at radius 2 is 2.00 bits per heavy atom. The summed E-state index contributed by atoms with van der Waals surface area (Å²) in [5, 5.41) is 3.38. The second kappa shape index (κ2) is 5.53. The van der Waals surface area contributed by atoms with E-state index in [1.807, 2.05) is 12.1 Å². The normalized spacial score (nSPS) is 10.1. The van der Waals surface area contributed by atoms with Crippen molar-refractivity contribution in [3.63, 3.8) is 0 Å². The molecule has 0 unspecified atom stereocenters. The number of rotatable bonds is 5. The van der Waals surface area contributed by atoms with Crippen LogP contribution in [0, 0.1) is 6.92 Å². The topological polar surface area (TPSA) is 38.0 Å². The fourth-order valence-corrected chi connectivity index (χ4v) is 1.52. The van der Waals surface area contributed by atoms with Crippen LogP contribution in [-0.2, 0) is 0 Å². The molecule has 1 aromatic rings. The van der Waals surface area contributed by atoms with Crippen molar-refractivity contribution in [3.8, 4) is 0 Å². The van der Waals surface area contributed by atoms with Gasteiger partial charge in [0.15, 0.2) is 0 Å². The van der Waals surface area contributed by atoms with Crippen LogP contribution in [0.2, 0.25) is 0 Å². The lowest BCUT2D eigenvalue weighted by molar-refractivity contribution is 0.744. The smallest absolute Gasteiger partial charge is 0.0363 e.